The van der Waals surface area contributed by atoms with Gasteiger partial charge in [0.25, 0.3) is 0 Å². The molecule has 1 heterocycles. The standard InChI is InChI=1S/C17H26N2O3S/c18-12-16(13-5-2-1-3-6-13)19-23(20,21)15-8-9-17-14(11-15)7-4-10-22-17/h8-9,11,13,16,19H,1-7,10,12,18H2. The molecule has 1 fully saturated rings. The average Bonchev–Trinajstić information content (AvgIpc) is 2.60. The topological polar surface area (TPSA) is 81.4 Å². The third kappa shape index (κ3) is 3.87. The largest absolute Gasteiger partial charge is 0.493 e. The van der Waals surface area contributed by atoms with Crippen molar-refractivity contribution in [1.82, 2.24) is 4.72 Å². The first kappa shape index (κ1) is 16.7. The van der Waals surface area contributed by atoms with E-state index >= 15 is 0 Å². The Morgan fingerprint density at radius 3 is 2.74 bits per heavy atom. The van der Waals surface area contributed by atoms with Crippen molar-refractivity contribution in [3.8, 4) is 5.75 Å². The third-order valence-electron chi connectivity index (χ3n) is 4.97. The molecule has 1 aromatic carbocycles. The molecule has 23 heavy (non-hydrogen) atoms. The van der Waals surface area contributed by atoms with Crippen molar-refractivity contribution < 1.29 is 13.2 Å². The Labute approximate surface area is 138 Å². The van der Waals surface area contributed by atoms with Crippen LogP contribution in [0.1, 0.15) is 44.1 Å². The van der Waals surface area contributed by atoms with E-state index in [9.17, 15) is 8.42 Å². The molecule has 1 atom stereocenters. The highest BCUT2D eigenvalue weighted by atomic mass is 32.2. The second-order valence-corrected chi connectivity index (χ2v) is 8.30. The molecular weight excluding hydrogens is 312 g/mol. The summed E-state index contributed by atoms with van der Waals surface area (Å²) in [5, 5.41) is 0. The summed E-state index contributed by atoms with van der Waals surface area (Å²) in [6.07, 6.45) is 7.48. The number of rotatable bonds is 5. The first-order chi connectivity index (χ1) is 11.1. The number of aryl methyl sites for hydroxylation is 1. The average molecular weight is 338 g/mol. The molecule has 0 amide bonds. The van der Waals surface area contributed by atoms with Crippen molar-refractivity contribution in [2.24, 2.45) is 11.7 Å². The summed E-state index contributed by atoms with van der Waals surface area (Å²) in [6, 6.07) is 4.96. The normalized spacial score (nSPS) is 20.6. The molecule has 1 aromatic rings. The lowest BCUT2D eigenvalue weighted by Gasteiger charge is -2.30. The Morgan fingerprint density at radius 2 is 2.00 bits per heavy atom. The van der Waals surface area contributed by atoms with Crippen molar-refractivity contribution >= 4 is 10.0 Å². The summed E-state index contributed by atoms with van der Waals surface area (Å²) < 4.78 is 33.8. The van der Waals surface area contributed by atoms with Crippen molar-refractivity contribution in [2.75, 3.05) is 13.2 Å². The lowest BCUT2D eigenvalue weighted by atomic mass is 9.84. The van der Waals surface area contributed by atoms with Crippen LogP contribution in [0.15, 0.2) is 23.1 Å². The molecular formula is C17H26N2O3S. The molecule has 1 unspecified atom stereocenters. The molecule has 128 valence electrons. The van der Waals surface area contributed by atoms with Gasteiger partial charge < -0.3 is 10.5 Å². The Bertz CT molecular complexity index is 639. The first-order valence-electron chi connectivity index (χ1n) is 8.58. The fourth-order valence-corrected chi connectivity index (χ4v) is 5.01. The molecule has 1 aliphatic heterocycles. The van der Waals surface area contributed by atoms with E-state index in [0.29, 0.717) is 24.0 Å². The van der Waals surface area contributed by atoms with Gasteiger partial charge in [-0.1, -0.05) is 19.3 Å². The summed E-state index contributed by atoms with van der Waals surface area (Å²) in [6.45, 7) is 1.05. The minimum atomic E-state index is -3.54. The molecule has 0 bridgehead atoms. The van der Waals surface area contributed by atoms with Crippen LogP contribution in [-0.4, -0.2) is 27.6 Å². The molecule has 0 aromatic heterocycles. The molecule has 5 nitrogen and oxygen atoms in total. The van der Waals surface area contributed by atoms with Gasteiger partial charge in [-0.2, -0.15) is 0 Å². The molecule has 1 saturated carbocycles. The van der Waals surface area contributed by atoms with Gasteiger partial charge >= 0.3 is 0 Å². The maximum absolute atomic E-state index is 12.7. The van der Waals surface area contributed by atoms with E-state index in [1.807, 2.05) is 0 Å². The summed E-state index contributed by atoms with van der Waals surface area (Å²) in [4.78, 5) is 0.316. The van der Waals surface area contributed by atoms with Crippen LogP contribution in [0.4, 0.5) is 0 Å². The maximum Gasteiger partial charge on any atom is 0.240 e. The van der Waals surface area contributed by atoms with Crippen molar-refractivity contribution in [3.05, 3.63) is 23.8 Å². The third-order valence-corrected chi connectivity index (χ3v) is 6.46. The number of sulfonamides is 1. The summed E-state index contributed by atoms with van der Waals surface area (Å²) in [7, 11) is -3.54. The van der Waals surface area contributed by atoms with Crippen molar-refractivity contribution in [1.29, 1.82) is 0 Å². The van der Waals surface area contributed by atoms with Crippen LogP contribution in [0.25, 0.3) is 0 Å². The quantitative estimate of drug-likeness (QED) is 0.862. The minimum absolute atomic E-state index is 0.174. The number of nitrogens with one attached hydrogen (secondary N) is 1. The number of benzene rings is 1. The Balaban J connectivity index is 1.77. The van der Waals surface area contributed by atoms with Crippen molar-refractivity contribution in [3.63, 3.8) is 0 Å². The zero-order valence-corrected chi connectivity index (χ0v) is 14.3. The zero-order valence-electron chi connectivity index (χ0n) is 13.5. The second-order valence-electron chi connectivity index (χ2n) is 6.58. The highest BCUT2D eigenvalue weighted by Crippen LogP contribution is 2.29. The van der Waals surface area contributed by atoms with Gasteiger partial charge in [0, 0.05) is 12.6 Å². The van der Waals surface area contributed by atoms with Gasteiger partial charge in [0.2, 0.25) is 10.0 Å². The highest BCUT2D eigenvalue weighted by molar-refractivity contribution is 7.89. The summed E-state index contributed by atoms with van der Waals surface area (Å²) >= 11 is 0. The lowest BCUT2D eigenvalue weighted by Crippen LogP contribution is -2.45. The second kappa shape index (κ2) is 7.20. The van der Waals surface area contributed by atoms with Crippen LogP contribution in [0.5, 0.6) is 5.75 Å². The van der Waals surface area contributed by atoms with Gasteiger partial charge in [0.15, 0.2) is 0 Å². The van der Waals surface area contributed by atoms with Gasteiger partial charge in [0.1, 0.15) is 5.75 Å². The first-order valence-corrected chi connectivity index (χ1v) is 10.1. The molecule has 0 spiro atoms. The van der Waals surface area contributed by atoms with Crippen molar-refractivity contribution in [2.45, 2.75) is 55.9 Å². The van der Waals surface area contributed by atoms with Crippen LogP contribution in [0, 0.1) is 5.92 Å². The molecule has 3 N–H and O–H groups in total. The zero-order chi connectivity index (χ0) is 16.3. The molecule has 3 rings (SSSR count). The van der Waals surface area contributed by atoms with Crippen LogP contribution in [0.3, 0.4) is 0 Å². The van der Waals surface area contributed by atoms with E-state index in [2.05, 4.69) is 4.72 Å². The van der Waals surface area contributed by atoms with Crippen LogP contribution < -0.4 is 15.2 Å². The van der Waals surface area contributed by atoms with E-state index in [4.69, 9.17) is 10.5 Å². The molecule has 2 aliphatic rings. The Morgan fingerprint density at radius 1 is 1.22 bits per heavy atom. The fraction of sp³-hybridized carbons (Fsp3) is 0.647. The van der Waals surface area contributed by atoms with E-state index in [0.717, 1.165) is 37.0 Å². The predicted octanol–water partition coefficient (Wildman–Crippen LogP) is 2.20. The van der Waals surface area contributed by atoms with E-state index in [1.54, 1.807) is 18.2 Å². The van der Waals surface area contributed by atoms with E-state index in [1.165, 1.54) is 19.3 Å². The van der Waals surface area contributed by atoms with Gasteiger partial charge in [-0.05, 0) is 55.4 Å². The van der Waals surface area contributed by atoms with Gasteiger partial charge in [-0.25, -0.2) is 13.1 Å². The summed E-state index contributed by atoms with van der Waals surface area (Å²) in [5.74, 6) is 1.15. The van der Waals surface area contributed by atoms with Gasteiger partial charge in [-0.3, -0.25) is 0 Å². The van der Waals surface area contributed by atoms with E-state index in [-0.39, 0.29) is 6.04 Å². The smallest absolute Gasteiger partial charge is 0.240 e. The Hall–Kier alpha value is -1.11. The number of hydrogen-bond acceptors (Lipinski definition) is 4. The predicted molar refractivity (Wildman–Crippen MR) is 90.0 cm³/mol. The SMILES string of the molecule is NCC(NS(=O)(=O)c1ccc2c(c1)CCCO2)C1CCCCC1. The Kier molecular flexibility index (Phi) is 5.24. The van der Waals surface area contributed by atoms with Gasteiger partial charge in [0.05, 0.1) is 11.5 Å². The van der Waals surface area contributed by atoms with Crippen LogP contribution >= 0.6 is 0 Å². The number of ether oxygens (including phenoxy) is 1. The number of fused-ring (bicyclic) bond motifs is 1. The molecule has 6 heteroatoms. The number of hydrogen-bond donors (Lipinski definition) is 2. The monoisotopic (exact) mass is 338 g/mol. The van der Waals surface area contributed by atoms with Crippen LogP contribution in [-0.2, 0) is 16.4 Å². The van der Waals surface area contributed by atoms with E-state index < -0.39 is 10.0 Å². The molecule has 0 saturated heterocycles. The molecule has 0 radical (unpaired) electrons. The molecule has 1 aliphatic carbocycles. The fourth-order valence-electron chi connectivity index (χ4n) is 3.64. The number of nitrogens with two attached hydrogens (primary N) is 1. The summed E-state index contributed by atoms with van der Waals surface area (Å²) in [5.41, 5.74) is 6.83. The lowest BCUT2D eigenvalue weighted by molar-refractivity contribution is 0.288. The maximum atomic E-state index is 12.7. The highest BCUT2D eigenvalue weighted by Gasteiger charge is 2.28. The minimum Gasteiger partial charge on any atom is -0.493 e. The van der Waals surface area contributed by atoms with Gasteiger partial charge in [-0.15, -0.1) is 0 Å². The van der Waals surface area contributed by atoms with Crippen LogP contribution in [0.2, 0.25) is 0 Å².